The molecule has 5 aromatic rings. The van der Waals surface area contributed by atoms with E-state index in [1.807, 2.05) is 73.7 Å². The summed E-state index contributed by atoms with van der Waals surface area (Å²) in [6.07, 6.45) is 1.82. The molecule has 0 N–H and O–H groups in total. The molecular weight excluding hydrogens is 504 g/mol. The standard InChI is InChI=1S/C33H24N2O3S/c1-2-34-32(38)28(39-33(34)29-30(36)26-15-9-10-16-27(26)31(29)37)21-22-17-19-25(20-18-22)35(23-11-5-3-6-12-23)24-13-7-4-8-14-24/h3-21H,2H2,1H3. The molecule has 6 heteroatoms. The number of Topliss-reactive ketones (excluding diaryl/α,β-unsaturated/α-hetero) is 2. The van der Waals surface area contributed by atoms with Crippen molar-refractivity contribution in [2.75, 3.05) is 4.90 Å². The summed E-state index contributed by atoms with van der Waals surface area (Å²) in [5.41, 5.74) is 4.57. The van der Waals surface area contributed by atoms with E-state index in [0.717, 1.165) is 22.6 Å². The monoisotopic (exact) mass is 528 g/mol. The van der Waals surface area contributed by atoms with Crippen LogP contribution in [0.1, 0.15) is 33.2 Å². The summed E-state index contributed by atoms with van der Waals surface area (Å²) in [7, 11) is 0. The molecule has 0 fully saturated rings. The minimum Gasteiger partial charge on any atom is -0.311 e. The number of hydrogen-bond donors (Lipinski definition) is 0. The Labute approximate surface area is 229 Å². The molecule has 1 aromatic heterocycles. The van der Waals surface area contributed by atoms with E-state index in [1.165, 1.54) is 15.9 Å². The molecule has 6 rings (SSSR count). The van der Waals surface area contributed by atoms with Crippen molar-refractivity contribution in [3.05, 3.63) is 145 Å². The number of hydrogen-bond acceptors (Lipinski definition) is 5. The molecule has 0 bridgehead atoms. The second-order valence-electron chi connectivity index (χ2n) is 9.14. The summed E-state index contributed by atoms with van der Waals surface area (Å²) in [6.45, 7) is 2.20. The molecule has 0 unspecified atom stereocenters. The van der Waals surface area contributed by atoms with Gasteiger partial charge in [0.1, 0.15) is 10.2 Å². The molecule has 0 aliphatic heterocycles. The number of benzene rings is 4. The molecular formula is C33H24N2O3S. The van der Waals surface area contributed by atoms with Gasteiger partial charge in [0.2, 0.25) is 11.6 Å². The van der Waals surface area contributed by atoms with Crippen LogP contribution in [0, 0.1) is 0 Å². The first-order valence-electron chi connectivity index (χ1n) is 12.7. The number of aromatic nitrogens is 1. The number of nitrogens with zero attached hydrogens (tertiary/aromatic N) is 2. The van der Waals surface area contributed by atoms with Crippen molar-refractivity contribution in [1.29, 1.82) is 0 Å². The largest absolute Gasteiger partial charge is 0.311 e. The third-order valence-electron chi connectivity index (χ3n) is 6.79. The predicted octanol–water partition coefficient (Wildman–Crippen LogP) is 5.46. The first kappa shape index (κ1) is 24.5. The van der Waals surface area contributed by atoms with Crippen molar-refractivity contribution in [3.63, 3.8) is 0 Å². The van der Waals surface area contributed by atoms with Crippen LogP contribution in [0.5, 0.6) is 0 Å². The molecule has 39 heavy (non-hydrogen) atoms. The second-order valence-corrected chi connectivity index (χ2v) is 10.2. The lowest BCUT2D eigenvalue weighted by atomic mass is 10.1. The molecule has 0 saturated carbocycles. The number of carbonyl (C=O) groups is 2. The molecule has 0 amide bonds. The van der Waals surface area contributed by atoms with E-state index in [-0.39, 0.29) is 22.7 Å². The van der Waals surface area contributed by atoms with Gasteiger partial charge in [-0.1, -0.05) is 72.8 Å². The van der Waals surface area contributed by atoms with E-state index in [2.05, 4.69) is 29.2 Å². The van der Waals surface area contributed by atoms with Crippen LogP contribution >= 0.6 is 11.3 Å². The van der Waals surface area contributed by atoms with Crippen LogP contribution in [0.2, 0.25) is 0 Å². The van der Waals surface area contributed by atoms with E-state index in [1.54, 1.807) is 24.3 Å². The second kappa shape index (κ2) is 10.2. The van der Waals surface area contributed by atoms with Gasteiger partial charge in [-0.3, -0.25) is 19.0 Å². The Morgan fingerprint density at radius 3 is 1.67 bits per heavy atom. The summed E-state index contributed by atoms with van der Waals surface area (Å²) in [5.74, 6) is -0.645. The number of anilines is 3. The molecule has 5 nitrogen and oxygen atoms in total. The zero-order valence-corrected chi connectivity index (χ0v) is 22.0. The third-order valence-corrected chi connectivity index (χ3v) is 7.92. The summed E-state index contributed by atoms with van der Waals surface area (Å²) in [5, 5.41) is 0. The van der Waals surface area contributed by atoms with Crippen LogP contribution in [0.3, 0.4) is 0 Å². The Kier molecular flexibility index (Phi) is 6.39. The van der Waals surface area contributed by atoms with E-state index >= 15 is 0 Å². The Balaban J connectivity index is 1.43. The van der Waals surface area contributed by atoms with Gasteiger partial charge in [0, 0.05) is 34.7 Å². The summed E-state index contributed by atoms with van der Waals surface area (Å²) in [4.78, 5) is 41.7. The van der Waals surface area contributed by atoms with Crippen molar-refractivity contribution in [2.45, 2.75) is 13.5 Å². The van der Waals surface area contributed by atoms with Crippen molar-refractivity contribution in [3.8, 4) is 0 Å². The van der Waals surface area contributed by atoms with Crippen molar-refractivity contribution in [1.82, 2.24) is 4.57 Å². The van der Waals surface area contributed by atoms with E-state index in [0.29, 0.717) is 26.9 Å². The van der Waals surface area contributed by atoms with Gasteiger partial charge < -0.3 is 4.90 Å². The fourth-order valence-corrected chi connectivity index (χ4v) is 6.12. The van der Waals surface area contributed by atoms with Gasteiger partial charge >= 0.3 is 0 Å². The Morgan fingerprint density at radius 1 is 0.667 bits per heavy atom. The lowest BCUT2D eigenvalue weighted by Crippen LogP contribution is -2.32. The number of fused-ring (bicyclic) bond motifs is 1. The lowest BCUT2D eigenvalue weighted by Gasteiger charge is -2.25. The van der Waals surface area contributed by atoms with Crippen LogP contribution < -0.4 is 19.7 Å². The fourth-order valence-electron chi connectivity index (χ4n) is 4.91. The molecule has 0 saturated heterocycles. The first-order valence-corrected chi connectivity index (χ1v) is 13.5. The van der Waals surface area contributed by atoms with Gasteiger partial charge in [-0.05, 0) is 55.0 Å². The number of rotatable bonds is 5. The minimum atomic E-state index is -0.322. The Hall–Kier alpha value is -4.81. The van der Waals surface area contributed by atoms with Gasteiger partial charge in [0.05, 0.1) is 4.53 Å². The summed E-state index contributed by atoms with van der Waals surface area (Å²) < 4.78 is 2.41. The smallest absolute Gasteiger partial charge is 0.269 e. The average molecular weight is 529 g/mol. The van der Waals surface area contributed by atoms with Gasteiger partial charge in [-0.25, -0.2) is 0 Å². The average Bonchev–Trinajstić information content (AvgIpc) is 3.42. The molecule has 1 aliphatic rings. The maximum absolute atomic E-state index is 13.3. The molecule has 0 radical (unpaired) electrons. The zero-order valence-electron chi connectivity index (χ0n) is 21.2. The Bertz CT molecular complexity index is 1810. The van der Waals surface area contributed by atoms with Crippen LogP contribution in [0.15, 0.2) is 114 Å². The zero-order chi connectivity index (χ0) is 26.9. The summed E-state index contributed by atoms with van der Waals surface area (Å²) in [6, 6.07) is 35.1. The summed E-state index contributed by atoms with van der Waals surface area (Å²) >= 11 is 1.19. The fraction of sp³-hybridized carbons (Fsp3) is 0.0606. The van der Waals surface area contributed by atoms with Gasteiger partial charge in [0.25, 0.3) is 5.56 Å². The highest BCUT2D eigenvalue weighted by atomic mass is 32.1. The molecule has 190 valence electrons. The lowest BCUT2D eigenvalue weighted by molar-refractivity contribution is 0.102. The van der Waals surface area contributed by atoms with Crippen molar-refractivity contribution < 1.29 is 9.59 Å². The van der Waals surface area contributed by atoms with E-state index in [4.69, 9.17) is 0 Å². The molecule has 0 atom stereocenters. The van der Waals surface area contributed by atoms with Crippen molar-refractivity contribution in [2.24, 2.45) is 0 Å². The minimum absolute atomic E-state index is 0.0801. The van der Waals surface area contributed by atoms with Crippen LogP contribution in [-0.4, -0.2) is 16.1 Å². The molecule has 1 heterocycles. The van der Waals surface area contributed by atoms with Crippen LogP contribution in [-0.2, 0) is 6.54 Å². The van der Waals surface area contributed by atoms with Crippen LogP contribution in [0.25, 0.3) is 11.6 Å². The van der Waals surface area contributed by atoms with Gasteiger partial charge in [0.15, 0.2) is 0 Å². The SMILES string of the molecule is CCn1c(=C2C(=O)c3ccccc3C2=O)sc(=Cc2ccc(N(c3ccccc3)c3ccccc3)cc2)c1=O. The van der Waals surface area contributed by atoms with E-state index in [9.17, 15) is 14.4 Å². The molecule has 1 aliphatic carbocycles. The van der Waals surface area contributed by atoms with Crippen LogP contribution in [0.4, 0.5) is 17.1 Å². The molecule has 0 spiro atoms. The number of thiazole rings is 1. The maximum atomic E-state index is 13.3. The van der Waals surface area contributed by atoms with Crippen molar-refractivity contribution >= 4 is 51.6 Å². The number of para-hydroxylation sites is 2. The van der Waals surface area contributed by atoms with Gasteiger partial charge in [-0.15, -0.1) is 11.3 Å². The quantitative estimate of drug-likeness (QED) is 0.304. The highest BCUT2D eigenvalue weighted by Gasteiger charge is 2.34. The highest BCUT2D eigenvalue weighted by molar-refractivity contribution is 7.08. The number of ketones is 2. The topological polar surface area (TPSA) is 59.4 Å². The normalized spacial score (nSPS) is 13.2. The maximum Gasteiger partial charge on any atom is 0.269 e. The van der Waals surface area contributed by atoms with Gasteiger partial charge in [-0.2, -0.15) is 0 Å². The predicted molar refractivity (Wildman–Crippen MR) is 157 cm³/mol. The molecule has 4 aromatic carbocycles. The number of carbonyl (C=O) groups excluding carboxylic acids is 2. The third kappa shape index (κ3) is 4.35. The highest BCUT2D eigenvalue weighted by Crippen LogP contribution is 2.34. The van der Waals surface area contributed by atoms with E-state index < -0.39 is 0 Å². The Morgan fingerprint density at radius 2 is 1.15 bits per heavy atom. The first-order chi connectivity index (χ1) is 19.1.